The Morgan fingerprint density at radius 3 is 2.38 bits per heavy atom. The van der Waals surface area contributed by atoms with Crippen LogP contribution in [0.15, 0.2) is 54.6 Å². The summed E-state index contributed by atoms with van der Waals surface area (Å²) in [5.41, 5.74) is 9.74. The third-order valence-corrected chi connectivity index (χ3v) is 5.95. The van der Waals surface area contributed by atoms with Crippen LogP contribution in [0.2, 0.25) is 0 Å². The highest BCUT2D eigenvalue weighted by Crippen LogP contribution is 2.32. The molecule has 0 unspecified atom stereocenters. The van der Waals surface area contributed by atoms with E-state index < -0.39 is 0 Å². The van der Waals surface area contributed by atoms with E-state index in [0.717, 1.165) is 17.9 Å². The summed E-state index contributed by atoms with van der Waals surface area (Å²) in [7, 11) is 7.10. The lowest BCUT2D eigenvalue weighted by Gasteiger charge is -2.11. The fourth-order valence-corrected chi connectivity index (χ4v) is 3.78. The number of nitrogens with two attached hydrogens (primary N) is 1. The second-order valence-corrected chi connectivity index (χ2v) is 9.06. The van der Waals surface area contributed by atoms with Crippen molar-refractivity contribution >= 4 is 28.4 Å². The molecule has 4 rings (SSSR count). The number of nitrogens with one attached hydrogen (secondary N) is 1. The van der Waals surface area contributed by atoms with Crippen LogP contribution in [0.4, 0.5) is 11.6 Å². The van der Waals surface area contributed by atoms with Crippen LogP contribution in [0.3, 0.4) is 0 Å². The minimum Gasteiger partial charge on any atom is -0.493 e. The highest BCUT2D eigenvalue weighted by Gasteiger charge is 2.12. The lowest BCUT2D eigenvalue weighted by Crippen LogP contribution is -2.19. The van der Waals surface area contributed by atoms with E-state index in [2.05, 4.69) is 32.0 Å². The van der Waals surface area contributed by atoms with Gasteiger partial charge in [0.1, 0.15) is 18.1 Å². The van der Waals surface area contributed by atoms with E-state index in [4.69, 9.17) is 19.9 Å². The molecule has 0 saturated heterocycles. The molecule has 0 bridgehead atoms. The molecular formula is C30H31N5O4. The van der Waals surface area contributed by atoms with E-state index >= 15 is 0 Å². The molecule has 9 heteroatoms. The molecule has 0 aliphatic heterocycles. The Bertz CT molecular complexity index is 1560. The van der Waals surface area contributed by atoms with Crippen LogP contribution < -0.4 is 25.3 Å². The van der Waals surface area contributed by atoms with E-state index in [1.54, 1.807) is 38.5 Å². The van der Waals surface area contributed by atoms with Crippen molar-refractivity contribution in [3.05, 3.63) is 77.0 Å². The molecule has 3 aromatic carbocycles. The van der Waals surface area contributed by atoms with Crippen molar-refractivity contribution in [3.8, 4) is 29.1 Å². The van der Waals surface area contributed by atoms with E-state index in [-0.39, 0.29) is 11.9 Å². The highest BCUT2D eigenvalue weighted by atomic mass is 16.5. The number of amides is 1. The van der Waals surface area contributed by atoms with Crippen molar-refractivity contribution < 1.29 is 19.0 Å². The van der Waals surface area contributed by atoms with Gasteiger partial charge >= 0.3 is 0 Å². The zero-order chi connectivity index (χ0) is 27.9. The fraction of sp³-hybridized carbons (Fsp3) is 0.233. The van der Waals surface area contributed by atoms with Crippen molar-refractivity contribution in [1.82, 2.24) is 14.9 Å². The normalized spacial score (nSPS) is 10.6. The summed E-state index contributed by atoms with van der Waals surface area (Å²) in [4.78, 5) is 23.7. The Morgan fingerprint density at radius 2 is 1.69 bits per heavy atom. The number of aromatic nitrogens is 2. The van der Waals surface area contributed by atoms with Gasteiger partial charge < -0.3 is 30.2 Å². The average Bonchev–Trinajstić information content (AvgIpc) is 2.92. The lowest BCUT2D eigenvalue weighted by molar-refractivity contribution is 0.102. The van der Waals surface area contributed by atoms with Crippen LogP contribution in [0.25, 0.3) is 10.9 Å². The number of anilines is 2. The number of fused-ring (bicyclic) bond motifs is 1. The third kappa shape index (κ3) is 6.74. The Morgan fingerprint density at radius 1 is 0.974 bits per heavy atom. The summed E-state index contributed by atoms with van der Waals surface area (Å²) in [5, 5.41) is 3.60. The minimum atomic E-state index is -0.243. The molecule has 0 atom stereocenters. The number of hydrogen-bond donors (Lipinski definition) is 2. The number of rotatable bonds is 8. The Kier molecular flexibility index (Phi) is 8.49. The van der Waals surface area contributed by atoms with Gasteiger partial charge in [-0.05, 0) is 75.0 Å². The van der Waals surface area contributed by atoms with Gasteiger partial charge in [-0.2, -0.15) is 0 Å². The average molecular weight is 526 g/mol. The number of benzene rings is 3. The van der Waals surface area contributed by atoms with Crippen LogP contribution >= 0.6 is 0 Å². The molecule has 4 aromatic rings. The zero-order valence-corrected chi connectivity index (χ0v) is 22.7. The van der Waals surface area contributed by atoms with Gasteiger partial charge in [0.15, 0.2) is 11.5 Å². The first-order valence-electron chi connectivity index (χ1n) is 12.3. The summed E-state index contributed by atoms with van der Waals surface area (Å²) in [6, 6.07) is 16.2. The van der Waals surface area contributed by atoms with Gasteiger partial charge in [-0.3, -0.25) is 4.79 Å². The third-order valence-electron chi connectivity index (χ3n) is 5.95. The maximum atomic E-state index is 13.0. The summed E-state index contributed by atoms with van der Waals surface area (Å²) < 4.78 is 16.5. The molecule has 1 heterocycles. The van der Waals surface area contributed by atoms with E-state index in [1.165, 1.54) is 0 Å². The number of carbonyl (C=O) groups excluding carboxylic acids is 1. The molecule has 1 amide bonds. The molecule has 1 aromatic heterocycles. The molecule has 0 aliphatic rings. The highest BCUT2D eigenvalue weighted by molar-refractivity contribution is 6.04. The van der Waals surface area contributed by atoms with Crippen LogP contribution in [0, 0.1) is 18.8 Å². The topological polar surface area (TPSA) is 112 Å². The van der Waals surface area contributed by atoms with Crippen LogP contribution in [-0.4, -0.2) is 62.2 Å². The number of nitrogens with zero attached hydrogens (tertiary/aromatic N) is 3. The first-order valence-corrected chi connectivity index (χ1v) is 12.3. The van der Waals surface area contributed by atoms with Gasteiger partial charge in [-0.1, -0.05) is 12.0 Å². The largest absolute Gasteiger partial charge is 0.493 e. The monoisotopic (exact) mass is 525 g/mol. The van der Waals surface area contributed by atoms with Gasteiger partial charge in [0, 0.05) is 34.8 Å². The molecule has 9 nitrogen and oxygen atoms in total. The number of hydrogen-bond acceptors (Lipinski definition) is 8. The van der Waals surface area contributed by atoms with Crippen molar-refractivity contribution in [1.29, 1.82) is 0 Å². The molecular weight excluding hydrogens is 494 g/mol. The molecule has 3 N–H and O–H groups in total. The van der Waals surface area contributed by atoms with Gasteiger partial charge in [0.25, 0.3) is 5.91 Å². The van der Waals surface area contributed by atoms with Crippen molar-refractivity contribution in [2.24, 2.45) is 0 Å². The second-order valence-electron chi connectivity index (χ2n) is 9.06. The summed E-state index contributed by atoms with van der Waals surface area (Å²) in [5.74, 6) is 7.90. The van der Waals surface area contributed by atoms with Gasteiger partial charge in [-0.25, -0.2) is 9.97 Å². The number of carbonyl (C=O) groups is 1. The maximum Gasteiger partial charge on any atom is 0.255 e. The Hall–Kier alpha value is -4.81. The first-order chi connectivity index (χ1) is 18.8. The summed E-state index contributed by atoms with van der Waals surface area (Å²) in [6.07, 6.45) is 0. The van der Waals surface area contributed by atoms with E-state index in [9.17, 15) is 4.79 Å². The van der Waals surface area contributed by atoms with E-state index in [0.29, 0.717) is 51.5 Å². The summed E-state index contributed by atoms with van der Waals surface area (Å²) >= 11 is 0. The number of methoxy groups -OCH3 is 2. The Labute approximate surface area is 227 Å². The SMILES string of the molecule is COc1cc2nc(N)nc(C#Cc3cc(C(=O)Nc4ccc(OCCN(C)C)cc4)ccc3C)c2cc1OC. The quantitative estimate of drug-likeness (QED) is 0.330. The standard InChI is InChI=1S/C30H31N5O4/c1-19-6-7-21(29(36)32-22-9-11-23(12-10-22)39-15-14-35(2)3)16-20(19)8-13-25-24-17-27(37-4)28(38-5)18-26(24)34-30(31)33-25/h6-7,9-12,16-18H,14-15H2,1-5H3,(H,32,36)(H2,31,33,34). The molecule has 0 radical (unpaired) electrons. The first kappa shape index (κ1) is 27.2. The molecule has 39 heavy (non-hydrogen) atoms. The number of nitrogen functional groups attached to an aromatic ring is 1. The number of likely N-dealkylation sites (N-methyl/N-ethyl adjacent to an activating group) is 1. The van der Waals surface area contributed by atoms with Gasteiger partial charge in [-0.15, -0.1) is 0 Å². The van der Waals surface area contributed by atoms with Crippen molar-refractivity contribution in [2.45, 2.75) is 6.92 Å². The molecule has 0 saturated carbocycles. The molecule has 0 fully saturated rings. The molecule has 0 spiro atoms. The minimum absolute atomic E-state index is 0.0954. The Balaban J connectivity index is 1.56. The van der Waals surface area contributed by atoms with Gasteiger partial charge in [0.2, 0.25) is 5.95 Å². The lowest BCUT2D eigenvalue weighted by atomic mass is 10.0. The second kappa shape index (κ2) is 12.2. The van der Waals surface area contributed by atoms with Crippen LogP contribution in [0.5, 0.6) is 17.2 Å². The van der Waals surface area contributed by atoms with Crippen molar-refractivity contribution in [3.63, 3.8) is 0 Å². The van der Waals surface area contributed by atoms with E-state index in [1.807, 2.05) is 51.4 Å². The van der Waals surface area contributed by atoms with Gasteiger partial charge in [0.05, 0.1) is 19.7 Å². The maximum absolute atomic E-state index is 13.0. The zero-order valence-electron chi connectivity index (χ0n) is 22.7. The van der Waals surface area contributed by atoms with Crippen LogP contribution in [0.1, 0.15) is 27.2 Å². The number of ether oxygens (including phenoxy) is 3. The molecule has 200 valence electrons. The smallest absolute Gasteiger partial charge is 0.255 e. The molecule has 0 aliphatic carbocycles. The van der Waals surface area contributed by atoms with Crippen molar-refractivity contribution in [2.75, 3.05) is 52.5 Å². The van der Waals surface area contributed by atoms with Crippen LogP contribution in [-0.2, 0) is 0 Å². The fourth-order valence-electron chi connectivity index (χ4n) is 3.78. The number of aryl methyl sites for hydroxylation is 1. The predicted octanol–water partition coefficient (Wildman–Crippen LogP) is 4.13. The summed E-state index contributed by atoms with van der Waals surface area (Å²) in [6.45, 7) is 3.34. The predicted molar refractivity (Wildman–Crippen MR) is 153 cm³/mol.